The van der Waals surface area contributed by atoms with Crippen molar-refractivity contribution in [1.29, 1.82) is 0 Å². The van der Waals surface area contributed by atoms with Gasteiger partial charge in [0.25, 0.3) is 11.6 Å². The second-order valence-electron chi connectivity index (χ2n) is 9.13. The van der Waals surface area contributed by atoms with Crippen LogP contribution < -0.4 is 10.6 Å². The normalized spacial score (nSPS) is 13.3. The first-order valence-corrected chi connectivity index (χ1v) is 10.5. The Hall–Kier alpha value is -3.26. The summed E-state index contributed by atoms with van der Waals surface area (Å²) in [5.41, 5.74) is 1.90. The third-order valence-corrected chi connectivity index (χ3v) is 5.21. The number of nitrogens with one attached hydrogen (secondary N) is 2. The van der Waals surface area contributed by atoms with Gasteiger partial charge in [-0.2, -0.15) is 0 Å². The third-order valence-electron chi connectivity index (χ3n) is 5.21. The highest BCUT2D eigenvalue weighted by Gasteiger charge is 2.25. The monoisotopic (exact) mass is 441 g/mol. The van der Waals surface area contributed by atoms with Gasteiger partial charge < -0.3 is 15.7 Å². The van der Waals surface area contributed by atoms with E-state index >= 15 is 0 Å². The van der Waals surface area contributed by atoms with E-state index in [-0.39, 0.29) is 29.5 Å². The molecule has 0 aliphatic carbocycles. The largest absolute Gasteiger partial charge is 0.387 e. The number of hydrogen-bond acceptors (Lipinski definition) is 5. The maximum absolute atomic E-state index is 12.7. The first-order chi connectivity index (χ1) is 14.9. The minimum Gasteiger partial charge on any atom is -0.387 e. The summed E-state index contributed by atoms with van der Waals surface area (Å²) >= 11 is 0. The maximum Gasteiger partial charge on any atom is 0.269 e. The smallest absolute Gasteiger partial charge is 0.269 e. The van der Waals surface area contributed by atoms with Crippen molar-refractivity contribution in [3.8, 4) is 0 Å². The molecule has 2 aromatic carbocycles. The van der Waals surface area contributed by atoms with Crippen molar-refractivity contribution >= 4 is 17.5 Å². The van der Waals surface area contributed by atoms with E-state index in [4.69, 9.17) is 0 Å². The minimum absolute atomic E-state index is 0.0279. The fourth-order valence-electron chi connectivity index (χ4n) is 3.12. The van der Waals surface area contributed by atoms with Crippen LogP contribution in [0.5, 0.6) is 0 Å². The Morgan fingerprint density at radius 3 is 2.06 bits per heavy atom. The molecule has 0 aromatic heterocycles. The summed E-state index contributed by atoms with van der Waals surface area (Å²) in [6.07, 6.45) is -1.03. The van der Waals surface area contributed by atoms with Gasteiger partial charge >= 0.3 is 0 Å². The molecule has 2 aromatic rings. The quantitative estimate of drug-likeness (QED) is 0.428. The number of amides is 2. The summed E-state index contributed by atoms with van der Waals surface area (Å²) < 4.78 is 0. The second kappa shape index (κ2) is 10.4. The van der Waals surface area contributed by atoms with E-state index in [0.717, 1.165) is 5.56 Å². The summed E-state index contributed by atoms with van der Waals surface area (Å²) in [6.45, 7) is 9.82. The highest BCUT2D eigenvalue weighted by molar-refractivity contribution is 5.97. The zero-order valence-corrected chi connectivity index (χ0v) is 19.1. The molecule has 8 heteroatoms. The number of carbonyl (C=O) groups excluding carboxylic acids is 2. The van der Waals surface area contributed by atoms with Gasteiger partial charge in [-0.1, -0.05) is 46.8 Å². The lowest BCUT2D eigenvalue weighted by molar-refractivity contribution is -0.384. The SMILES string of the molecule is CC(C)[C@@H](NC(=O)c1ccc(C(C)(C)C)cc1)C(=O)NC[C@@H](O)c1ccc([N+](=O)[O-])cc1. The molecule has 8 nitrogen and oxygen atoms in total. The molecule has 0 aliphatic heterocycles. The van der Waals surface area contributed by atoms with Gasteiger partial charge in [0, 0.05) is 24.2 Å². The number of nitro benzene ring substituents is 1. The van der Waals surface area contributed by atoms with Crippen molar-refractivity contribution < 1.29 is 19.6 Å². The van der Waals surface area contributed by atoms with Crippen LogP contribution in [0.1, 0.15) is 62.2 Å². The van der Waals surface area contributed by atoms with Crippen LogP contribution in [0.3, 0.4) is 0 Å². The lowest BCUT2D eigenvalue weighted by atomic mass is 9.86. The molecule has 0 radical (unpaired) electrons. The van der Waals surface area contributed by atoms with Gasteiger partial charge in [-0.05, 0) is 46.7 Å². The molecular formula is C24H31N3O5. The Bertz CT molecular complexity index is 947. The molecule has 2 amide bonds. The van der Waals surface area contributed by atoms with Crippen LogP contribution in [0.15, 0.2) is 48.5 Å². The van der Waals surface area contributed by atoms with E-state index in [1.165, 1.54) is 24.3 Å². The molecule has 0 heterocycles. The highest BCUT2D eigenvalue weighted by Crippen LogP contribution is 2.22. The van der Waals surface area contributed by atoms with Crippen LogP contribution in [0.25, 0.3) is 0 Å². The molecule has 2 atom stereocenters. The van der Waals surface area contributed by atoms with Crippen LogP contribution >= 0.6 is 0 Å². The standard InChI is InChI=1S/C24H31N3O5/c1-15(2)21(26-22(29)17-6-10-18(11-7-17)24(3,4)5)23(30)25-14-20(28)16-8-12-19(13-9-16)27(31)32/h6-13,15,20-21,28H,14H2,1-5H3,(H,25,30)(H,26,29)/t20-,21-/m1/s1. The van der Waals surface area contributed by atoms with E-state index in [2.05, 4.69) is 31.4 Å². The number of carbonyl (C=O) groups is 2. The molecule has 0 fully saturated rings. The van der Waals surface area contributed by atoms with Gasteiger partial charge in [0.1, 0.15) is 6.04 Å². The number of aliphatic hydroxyl groups is 1. The molecule has 0 aliphatic rings. The Morgan fingerprint density at radius 2 is 1.59 bits per heavy atom. The van der Waals surface area contributed by atoms with E-state index in [0.29, 0.717) is 11.1 Å². The van der Waals surface area contributed by atoms with E-state index in [1.807, 2.05) is 26.0 Å². The van der Waals surface area contributed by atoms with Crippen LogP contribution in [-0.2, 0) is 10.2 Å². The number of nitro groups is 1. The van der Waals surface area contributed by atoms with Crippen molar-refractivity contribution in [3.05, 3.63) is 75.3 Å². The van der Waals surface area contributed by atoms with Gasteiger partial charge in [-0.15, -0.1) is 0 Å². The van der Waals surface area contributed by atoms with Crippen molar-refractivity contribution in [3.63, 3.8) is 0 Å². The topological polar surface area (TPSA) is 122 Å². The number of nitrogens with zero attached hydrogens (tertiary/aromatic N) is 1. The molecule has 2 rings (SSSR count). The molecule has 3 N–H and O–H groups in total. The summed E-state index contributed by atoms with van der Waals surface area (Å²) in [5, 5.41) is 26.5. The zero-order chi connectivity index (χ0) is 24.1. The number of aliphatic hydroxyl groups excluding tert-OH is 1. The maximum atomic E-state index is 12.7. The van der Waals surface area contributed by atoms with Gasteiger partial charge in [-0.25, -0.2) is 0 Å². The predicted molar refractivity (Wildman–Crippen MR) is 122 cm³/mol. The van der Waals surface area contributed by atoms with Crippen molar-refractivity contribution in [1.82, 2.24) is 10.6 Å². The zero-order valence-electron chi connectivity index (χ0n) is 19.1. The average molecular weight is 442 g/mol. The predicted octanol–water partition coefficient (Wildman–Crippen LogP) is 3.50. The fraction of sp³-hybridized carbons (Fsp3) is 0.417. The summed E-state index contributed by atoms with van der Waals surface area (Å²) in [7, 11) is 0. The Labute approximate surface area is 188 Å². The molecule has 0 unspecified atom stereocenters. The van der Waals surface area contributed by atoms with Crippen molar-refractivity contribution in [2.24, 2.45) is 5.92 Å². The average Bonchev–Trinajstić information content (AvgIpc) is 2.74. The number of hydrogen-bond donors (Lipinski definition) is 3. The number of rotatable bonds is 8. The minimum atomic E-state index is -1.03. The lowest BCUT2D eigenvalue weighted by Crippen LogP contribution is -2.50. The first kappa shape index (κ1) is 25.0. The Balaban J connectivity index is 1.99. The third kappa shape index (κ3) is 6.62. The summed E-state index contributed by atoms with van der Waals surface area (Å²) in [4.78, 5) is 35.6. The van der Waals surface area contributed by atoms with Gasteiger partial charge in [-0.3, -0.25) is 19.7 Å². The van der Waals surface area contributed by atoms with Crippen molar-refractivity contribution in [2.45, 2.75) is 52.2 Å². The molecule has 172 valence electrons. The van der Waals surface area contributed by atoms with Crippen LogP contribution in [0, 0.1) is 16.0 Å². The van der Waals surface area contributed by atoms with Crippen LogP contribution in [0.4, 0.5) is 5.69 Å². The molecule has 0 bridgehead atoms. The molecule has 0 saturated heterocycles. The molecule has 0 saturated carbocycles. The summed E-state index contributed by atoms with van der Waals surface area (Å²) in [5.74, 6) is -0.944. The van der Waals surface area contributed by atoms with Crippen molar-refractivity contribution in [2.75, 3.05) is 6.54 Å². The lowest BCUT2D eigenvalue weighted by Gasteiger charge is -2.23. The van der Waals surface area contributed by atoms with E-state index in [1.54, 1.807) is 12.1 Å². The Morgan fingerprint density at radius 1 is 1.03 bits per heavy atom. The molecule has 0 spiro atoms. The fourth-order valence-corrected chi connectivity index (χ4v) is 3.12. The molecular weight excluding hydrogens is 410 g/mol. The molecule has 32 heavy (non-hydrogen) atoms. The second-order valence-corrected chi connectivity index (χ2v) is 9.13. The van der Waals surface area contributed by atoms with Gasteiger partial charge in [0.15, 0.2) is 0 Å². The van der Waals surface area contributed by atoms with E-state index < -0.39 is 23.0 Å². The van der Waals surface area contributed by atoms with Gasteiger partial charge in [0.2, 0.25) is 5.91 Å². The number of non-ortho nitro benzene ring substituents is 1. The van der Waals surface area contributed by atoms with E-state index in [9.17, 15) is 24.8 Å². The summed E-state index contributed by atoms with van der Waals surface area (Å²) in [6, 6.07) is 12.0. The van der Waals surface area contributed by atoms with Crippen LogP contribution in [0.2, 0.25) is 0 Å². The Kier molecular flexibility index (Phi) is 8.10. The highest BCUT2D eigenvalue weighted by atomic mass is 16.6. The number of benzene rings is 2. The van der Waals surface area contributed by atoms with Crippen LogP contribution in [-0.4, -0.2) is 34.4 Å². The first-order valence-electron chi connectivity index (χ1n) is 10.5. The van der Waals surface area contributed by atoms with Gasteiger partial charge in [0.05, 0.1) is 11.0 Å².